The molecule has 1 heterocycles. The summed E-state index contributed by atoms with van der Waals surface area (Å²) in [6.45, 7) is 7.44. The Bertz CT molecular complexity index is 1570. The van der Waals surface area contributed by atoms with Crippen LogP contribution in [0.1, 0.15) is 60.2 Å². The van der Waals surface area contributed by atoms with E-state index >= 15 is 8.78 Å². The predicted octanol–water partition coefficient (Wildman–Crippen LogP) is 7.24. The minimum Gasteiger partial charge on any atom is -0.478 e. The SMILES string of the molecule is Cc1cc(NC(=O)C2NC(CC(C)(C)C)C(C#N)(c3ccc(Cl)cc3F)C2c2cccc(Cl)c2F)ccc1C(=O)O. The molecule has 4 atom stereocenters. The van der Waals surface area contributed by atoms with Crippen LogP contribution in [0.4, 0.5) is 14.5 Å². The van der Waals surface area contributed by atoms with Gasteiger partial charge in [-0.25, -0.2) is 13.6 Å². The van der Waals surface area contributed by atoms with Crippen molar-refractivity contribution >= 4 is 40.8 Å². The maximum atomic E-state index is 15.7. The Kier molecular flexibility index (Phi) is 8.47. The zero-order chi connectivity index (χ0) is 30.3. The third-order valence-corrected chi connectivity index (χ3v) is 7.98. The molecule has 0 spiro atoms. The van der Waals surface area contributed by atoms with Gasteiger partial charge in [0.15, 0.2) is 0 Å². The zero-order valence-electron chi connectivity index (χ0n) is 22.9. The number of aryl methyl sites for hydroxylation is 1. The van der Waals surface area contributed by atoms with E-state index in [0.717, 1.165) is 6.07 Å². The molecule has 0 aromatic heterocycles. The predicted molar refractivity (Wildman–Crippen MR) is 154 cm³/mol. The van der Waals surface area contributed by atoms with E-state index in [9.17, 15) is 20.0 Å². The third-order valence-electron chi connectivity index (χ3n) is 7.46. The first-order valence-electron chi connectivity index (χ1n) is 12.9. The maximum absolute atomic E-state index is 15.7. The Labute approximate surface area is 247 Å². The van der Waals surface area contributed by atoms with Gasteiger partial charge in [0.25, 0.3) is 0 Å². The molecular formula is C31H29Cl2F2N3O3. The molecule has 3 aromatic carbocycles. The molecule has 1 amide bonds. The van der Waals surface area contributed by atoms with E-state index in [-0.39, 0.29) is 32.2 Å². The minimum atomic E-state index is -1.75. The van der Waals surface area contributed by atoms with Crippen LogP contribution in [-0.2, 0) is 10.2 Å². The van der Waals surface area contributed by atoms with Crippen LogP contribution in [0, 0.1) is 35.3 Å². The number of carboxylic acids is 1. The monoisotopic (exact) mass is 599 g/mol. The molecule has 1 aliphatic rings. The van der Waals surface area contributed by atoms with Crippen LogP contribution in [0.5, 0.6) is 0 Å². The first-order chi connectivity index (χ1) is 19.2. The van der Waals surface area contributed by atoms with E-state index in [4.69, 9.17) is 23.2 Å². The highest BCUT2D eigenvalue weighted by Crippen LogP contribution is 2.52. The second kappa shape index (κ2) is 11.4. The molecule has 0 saturated carbocycles. The van der Waals surface area contributed by atoms with Crippen LogP contribution < -0.4 is 10.6 Å². The second-order valence-electron chi connectivity index (χ2n) is 11.5. The summed E-state index contributed by atoms with van der Waals surface area (Å²) in [4.78, 5) is 25.4. The molecule has 1 saturated heterocycles. The lowest BCUT2D eigenvalue weighted by Gasteiger charge is -2.37. The molecule has 41 heavy (non-hydrogen) atoms. The number of carboxylic acid groups (broad SMARTS) is 1. The van der Waals surface area contributed by atoms with Crippen molar-refractivity contribution in [2.75, 3.05) is 5.32 Å². The Morgan fingerprint density at radius 3 is 2.41 bits per heavy atom. The molecule has 4 rings (SSSR count). The maximum Gasteiger partial charge on any atom is 0.335 e. The number of amides is 1. The number of hydrogen-bond donors (Lipinski definition) is 3. The van der Waals surface area contributed by atoms with Gasteiger partial charge in [0.2, 0.25) is 5.91 Å². The lowest BCUT2D eigenvalue weighted by atomic mass is 9.62. The van der Waals surface area contributed by atoms with Crippen molar-refractivity contribution in [2.24, 2.45) is 5.41 Å². The van der Waals surface area contributed by atoms with Crippen molar-refractivity contribution in [1.82, 2.24) is 5.32 Å². The van der Waals surface area contributed by atoms with Crippen LogP contribution in [-0.4, -0.2) is 29.1 Å². The van der Waals surface area contributed by atoms with Gasteiger partial charge in [-0.05, 0) is 66.3 Å². The molecule has 3 N–H and O–H groups in total. The molecule has 4 unspecified atom stereocenters. The fourth-order valence-corrected chi connectivity index (χ4v) is 6.10. The van der Waals surface area contributed by atoms with Gasteiger partial charge in [0, 0.05) is 28.2 Å². The van der Waals surface area contributed by atoms with E-state index < -0.39 is 46.9 Å². The summed E-state index contributed by atoms with van der Waals surface area (Å²) >= 11 is 12.2. The van der Waals surface area contributed by atoms with Gasteiger partial charge >= 0.3 is 5.97 Å². The third kappa shape index (κ3) is 5.80. The van der Waals surface area contributed by atoms with Crippen LogP contribution in [0.3, 0.4) is 0 Å². The molecule has 0 radical (unpaired) electrons. The van der Waals surface area contributed by atoms with Crippen LogP contribution in [0.15, 0.2) is 54.6 Å². The molecule has 0 aliphatic carbocycles. The zero-order valence-corrected chi connectivity index (χ0v) is 24.4. The first kappa shape index (κ1) is 30.4. The van der Waals surface area contributed by atoms with Gasteiger partial charge in [-0.15, -0.1) is 0 Å². The van der Waals surface area contributed by atoms with Crippen molar-refractivity contribution < 1.29 is 23.5 Å². The Balaban J connectivity index is 1.93. The van der Waals surface area contributed by atoms with E-state index in [0.29, 0.717) is 17.7 Å². The summed E-state index contributed by atoms with van der Waals surface area (Å²) < 4.78 is 31.4. The van der Waals surface area contributed by atoms with E-state index in [2.05, 4.69) is 16.7 Å². The van der Waals surface area contributed by atoms with Gasteiger partial charge in [-0.2, -0.15) is 5.26 Å². The highest BCUT2D eigenvalue weighted by atomic mass is 35.5. The Morgan fingerprint density at radius 1 is 1.12 bits per heavy atom. The molecule has 0 bridgehead atoms. The van der Waals surface area contributed by atoms with Gasteiger partial charge in [-0.3, -0.25) is 4.79 Å². The number of carbonyl (C=O) groups is 2. The normalized spacial score (nSPS) is 22.3. The van der Waals surface area contributed by atoms with Gasteiger partial charge in [0.1, 0.15) is 17.0 Å². The van der Waals surface area contributed by atoms with Crippen LogP contribution in [0.25, 0.3) is 0 Å². The fourth-order valence-electron chi connectivity index (χ4n) is 5.76. The van der Waals surface area contributed by atoms with E-state index in [1.807, 2.05) is 20.8 Å². The number of carbonyl (C=O) groups excluding carboxylic acids is 1. The first-order valence-corrected chi connectivity index (χ1v) is 13.7. The Hall–Kier alpha value is -3.51. The molecule has 1 aliphatic heterocycles. The molecule has 1 fully saturated rings. The lowest BCUT2D eigenvalue weighted by Crippen LogP contribution is -2.45. The second-order valence-corrected chi connectivity index (χ2v) is 12.4. The van der Waals surface area contributed by atoms with Gasteiger partial charge < -0.3 is 15.7 Å². The standard InChI is InChI=1S/C31H29Cl2F2N3O3/c1-16-12-18(9-10-19(16)29(40)41)37-28(39)27-25(20-6-5-7-22(33)26(20)35)31(15-36,24(38-27)14-30(2,3)4)21-11-8-17(32)13-23(21)34/h5-13,24-25,27,38H,14H2,1-4H3,(H,37,39)(H,40,41). The highest BCUT2D eigenvalue weighted by molar-refractivity contribution is 6.31. The van der Waals surface area contributed by atoms with Crippen molar-refractivity contribution in [3.8, 4) is 6.07 Å². The van der Waals surface area contributed by atoms with Crippen LogP contribution >= 0.6 is 23.2 Å². The van der Waals surface area contributed by atoms with Gasteiger partial charge in [0.05, 0.1) is 22.7 Å². The molecule has 6 nitrogen and oxygen atoms in total. The summed E-state index contributed by atoms with van der Waals surface area (Å²) in [6.07, 6.45) is 0.331. The van der Waals surface area contributed by atoms with Crippen molar-refractivity contribution in [3.63, 3.8) is 0 Å². The van der Waals surface area contributed by atoms with Crippen molar-refractivity contribution in [3.05, 3.63) is 98.5 Å². The molecule has 3 aromatic rings. The van der Waals surface area contributed by atoms with Crippen LogP contribution in [0.2, 0.25) is 10.0 Å². The molecule has 10 heteroatoms. The number of aromatic carboxylic acids is 1. The number of halogens is 4. The number of rotatable bonds is 6. The number of nitrogens with one attached hydrogen (secondary N) is 2. The average Bonchev–Trinajstić information content (AvgIpc) is 3.18. The highest BCUT2D eigenvalue weighted by Gasteiger charge is 2.61. The fraction of sp³-hybridized carbons (Fsp3) is 0.323. The average molecular weight is 600 g/mol. The Morgan fingerprint density at radius 2 is 1.83 bits per heavy atom. The van der Waals surface area contributed by atoms with E-state index in [1.165, 1.54) is 48.5 Å². The number of benzene rings is 3. The number of anilines is 1. The van der Waals surface area contributed by atoms with Crippen molar-refractivity contribution in [1.29, 1.82) is 5.26 Å². The lowest BCUT2D eigenvalue weighted by molar-refractivity contribution is -0.118. The smallest absolute Gasteiger partial charge is 0.335 e. The molecule has 214 valence electrons. The number of hydrogen-bond acceptors (Lipinski definition) is 4. The van der Waals surface area contributed by atoms with E-state index in [1.54, 1.807) is 6.92 Å². The summed E-state index contributed by atoms with van der Waals surface area (Å²) in [5.41, 5.74) is -1.36. The van der Waals surface area contributed by atoms with Gasteiger partial charge in [-0.1, -0.05) is 62.2 Å². The summed E-state index contributed by atoms with van der Waals surface area (Å²) in [5, 5.41) is 26.2. The number of nitrogens with zero attached hydrogens (tertiary/aromatic N) is 1. The summed E-state index contributed by atoms with van der Waals surface area (Å²) in [7, 11) is 0. The minimum absolute atomic E-state index is 0.0186. The molecular weight excluding hydrogens is 571 g/mol. The van der Waals surface area contributed by atoms with Crippen molar-refractivity contribution in [2.45, 2.75) is 57.5 Å². The largest absolute Gasteiger partial charge is 0.478 e. The quantitative estimate of drug-likeness (QED) is 0.277. The summed E-state index contributed by atoms with van der Waals surface area (Å²) in [6, 6.07) is 12.9. The number of nitriles is 1. The summed E-state index contributed by atoms with van der Waals surface area (Å²) in [5.74, 6) is -4.50. The topological polar surface area (TPSA) is 102 Å².